The Hall–Kier alpha value is -3.47. The number of alkyl halides is 3. The minimum Gasteiger partial charge on any atom is -0.398 e. The lowest BCUT2D eigenvalue weighted by Crippen LogP contribution is -2.53. The molecule has 1 aliphatic carbocycles. The van der Waals surface area contributed by atoms with Gasteiger partial charge in [0, 0.05) is 54.1 Å². The van der Waals surface area contributed by atoms with E-state index in [-0.39, 0.29) is 28.7 Å². The van der Waals surface area contributed by atoms with Crippen LogP contribution in [0, 0.1) is 10.8 Å². The van der Waals surface area contributed by atoms with Crippen LogP contribution in [0.15, 0.2) is 17.8 Å². The number of carbonyl (C=O) groups excluding carboxylic acids is 1. The van der Waals surface area contributed by atoms with E-state index in [9.17, 15) is 18.0 Å². The van der Waals surface area contributed by atoms with Crippen LogP contribution in [0.2, 0.25) is 0 Å². The van der Waals surface area contributed by atoms with Gasteiger partial charge < -0.3 is 26.7 Å². The van der Waals surface area contributed by atoms with Crippen LogP contribution in [0.4, 0.5) is 18.9 Å². The molecule has 2 heterocycles. The second-order valence-corrected chi connectivity index (χ2v) is 9.47. The van der Waals surface area contributed by atoms with Gasteiger partial charge in [-0.05, 0) is 62.9 Å². The predicted octanol–water partition coefficient (Wildman–Crippen LogP) is 3.11. The first-order valence-corrected chi connectivity index (χ1v) is 11.9. The fourth-order valence-corrected chi connectivity index (χ4v) is 5.05. The lowest BCUT2D eigenvalue weighted by Gasteiger charge is -2.37. The van der Waals surface area contributed by atoms with Crippen molar-refractivity contribution in [3.05, 3.63) is 40.2 Å². The van der Waals surface area contributed by atoms with Crippen LogP contribution in [0.3, 0.4) is 0 Å². The summed E-state index contributed by atoms with van der Waals surface area (Å²) in [6, 6.07) is 3.23. The van der Waals surface area contributed by atoms with Crippen molar-refractivity contribution < 1.29 is 18.0 Å². The Balaban J connectivity index is 1.91. The number of benzene rings is 1. The van der Waals surface area contributed by atoms with Gasteiger partial charge in [0.1, 0.15) is 11.4 Å². The number of hydrogen-bond donors (Lipinski definition) is 4. The molecular formula is C25H30F3N7O. The average Bonchev–Trinajstić information content (AvgIpc) is 2.84. The van der Waals surface area contributed by atoms with Crippen molar-refractivity contribution in [3.63, 3.8) is 0 Å². The number of halogens is 3. The zero-order chi connectivity index (χ0) is 26.4. The maximum absolute atomic E-state index is 13.5. The Morgan fingerprint density at radius 1 is 1.19 bits per heavy atom. The molecule has 1 saturated heterocycles. The van der Waals surface area contributed by atoms with Crippen LogP contribution in [0.25, 0.3) is 16.5 Å². The number of carbonyl (C=O) groups is 1. The van der Waals surface area contributed by atoms with E-state index in [1.54, 1.807) is 11.0 Å². The molecule has 2 aromatic rings. The number of aryl methyl sites for hydroxylation is 1. The molecule has 2 aliphatic rings. The summed E-state index contributed by atoms with van der Waals surface area (Å²) in [5, 5.41) is 17.0. The molecule has 192 valence electrons. The molecule has 1 aliphatic heterocycles. The lowest BCUT2D eigenvalue weighted by molar-refractivity contribution is -0.126. The van der Waals surface area contributed by atoms with Gasteiger partial charge in [0.05, 0.1) is 11.2 Å². The Bertz CT molecular complexity index is 1280. The standard InChI is InChI=1S/C25H30F3N7O/c1-13-12-35(10-9-34(13)2)24(36)21(31)20-17(30)7-8-18-19(20)14-5-3-4-6-15(14)22(33-18)16(11-29)23(32)25(26,27)28/h7-8,11,13,29,31H,3-6,9-10,12,30,32H2,1-2H3/t13-/m0/s1. The highest BCUT2D eigenvalue weighted by atomic mass is 19.4. The number of aromatic nitrogens is 1. The molecule has 6 N–H and O–H groups in total. The van der Waals surface area contributed by atoms with Crippen molar-refractivity contribution >= 4 is 40.0 Å². The highest BCUT2D eigenvalue weighted by Crippen LogP contribution is 2.38. The number of allylic oxidation sites excluding steroid dienone is 2. The summed E-state index contributed by atoms with van der Waals surface area (Å²) >= 11 is 0. The molecule has 4 rings (SSSR count). The summed E-state index contributed by atoms with van der Waals surface area (Å²) in [6.07, 6.45) is -1.73. The number of nitrogens with zero attached hydrogens (tertiary/aromatic N) is 3. The quantitative estimate of drug-likeness (QED) is 0.377. The number of amides is 1. The smallest absolute Gasteiger partial charge is 0.398 e. The number of piperazine rings is 1. The first-order chi connectivity index (χ1) is 17.0. The monoisotopic (exact) mass is 501 g/mol. The Kier molecular flexibility index (Phi) is 6.78. The van der Waals surface area contributed by atoms with E-state index in [0.717, 1.165) is 12.8 Å². The largest absolute Gasteiger partial charge is 0.431 e. The number of anilines is 1. The summed E-state index contributed by atoms with van der Waals surface area (Å²) in [7, 11) is 1.98. The van der Waals surface area contributed by atoms with Gasteiger partial charge >= 0.3 is 6.18 Å². The predicted molar refractivity (Wildman–Crippen MR) is 134 cm³/mol. The first-order valence-electron chi connectivity index (χ1n) is 11.9. The maximum Gasteiger partial charge on any atom is 0.431 e. The normalized spacial score (nSPS) is 19.6. The van der Waals surface area contributed by atoms with Crippen LogP contribution in [0.1, 0.15) is 42.1 Å². The van der Waals surface area contributed by atoms with Crippen molar-refractivity contribution in [2.45, 2.75) is 44.8 Å². The van der Waals surface area contributed by atoms with Gasteiger partial charge in [-0.1, -0.05) is 0 Å². The van der Waals surface area contributed by atoms with E-state index in [2.05, 4.69) is 9.88 Å². The third-order valence-electron chi connectivity index (χ3n) is 7.21. The van der Waals surface area contributed by atoms with E-state index in [1.165, 1.54) is 6.07 Å². The molecule has 11 heteroatoms. The molecule has 1 fully saturated rings. The zero-order valence-corrected chi connectivity index (χ0v) is 20.3. The summed E-state index contributed by atoms with van der Waals surface area (Å²) in [4.78, 5) is 21.6. The van der Waals surface area contributed by atoms with Crippen LogP contribution in [0.5, 0.6) is 0 Å². The molecule has 8 nitrogen and oxygen atoms in total. The summed E-state index contributed by atoms with van der Waals surface area (Å²) in [6.45, 7) is 3.66. The highest BCUT2D eigenvalue weighted by molar-refractivity contribution is 6.47. The van der Waals surface area contributed by atoms with Gasteiger partial charge in [0.25, 0.3) is 5.91 Å². The number of fused-ring (bicyclic) bond motifs is 3. The van der Waals surface area contributed by atoms with Crippen molar-refractivity contribution in [2.75, 3.05) is 32.4 Å². The first kappa shape index (κ1) is 25.6. The molecular weight excluding hydrogens is 471 g/mol. The third-order valence-corrected chi connectivity index (χ3v) is 7.21. The van der Waals surface area contributed by atoms with E-state index in [0.29, 0.717) is 60.7 Å². The summed E-state index contributed by atoms with van der Waals surface area (Å²) in [5.74, 6) is -0.441. The minimum atomic E-state index is -4.81. The Morgan fingerprint density at radius 2 is 1.86 bits per heavy atom. The van der Waals surface area contributed by atoms with Crippen molar-refractivity contribution in [3.8, 4) is 0 Å². The molecule has 0 radical (unpaired) electrons. The molecule has 1 aromatic carbocycles. The van der Waals surface area contributed by atoms with Gasteiger partial charge in [-0.2, -0.15) is 13.2 Å². The van der Waals surface area contributed by atoms with Crippen LogP contribution in [-0.2, 0) is 17.6 Å². The zero-order valence-electron chi connectivity index (χ0n) is 20.3. The van der Waals surface area contributed by atoms with Gasteiger partial charge in [0.15, 0.2) is 0 Å². The molecule has 1 amide bonds. The van der Waals surface area contributed by atoms with Gasteiger partial charge in [-0.3, -0.25) is 10.2 Å². The second kappa shape index (κ2) is 9.53. The Morgan fingerprint density at radius 3 is 2.47 bits per heavy atom. The fraction of sp³-hybridized carbons (Fsp3) is 0.440. The van der Waals surface area contributed by atoms with Crippen LogP contribution in [-0.4, -0.2) is 71.5 Å². The molecule has 1 atom stereocenters. The van der Waals surface area contributed by atoms with E-state index in [4.69, 9.17) is 22.3 Å². The number of hydrogen-bond acceptors (Lipinski definition) is 7. The van der Waals surface area contributed by atoms with Gasteiger partial charge in [-0.15, -0.1) is 0 Å². The van der Waals surface area contributed by atoms with Crippen LogP contribution >= 0.6 is 0 Å². The second-order valence-electron chi connectivity index (χ2n) is 9.47. The molecule has 1 aromatic heterocycles. The van der Waals surface area contributed by atoms with E-state index in [1.807, 2.05) is 14.0 Å². The summed E-state index contributed by atoms with van der Waals surface area (Å²) < 4.78 is 40.4. The van der Waals surface area contributed by atoms with E-state index < -0.39 is 23.4 Å². The Labute approximate surface area is 207 Å². The molecule has 0 bridgehead atoms. The van der Waals surface area contributed by atoms with Crippen molar-refractivity contribution in [1.29, 1.82) is 10.8 Å². The van der Waals surface area contributed by atoms with Crippen LogP contribution < -0.4 is 11.5 Å². The number of likely N-dealkylation sites (N-methyl/N-ethyl adjacent to an activating group) is 1. The minimum absolute atomic E-state index is 0.0171. The molecule has 0 spiro atoms. The average molecular weight is 502 g/mol. The molecule has 0 saturated carbocycles. The topological polar surface area (TPSA) is 136 Å². The summed E-state index contributed by atoms with van der Waals surface area (Å²) in [5.41, 5.74) is 11.7. The number of nitrogen functional groups attached to an aromatic ring is 1. The maximum atomic E-state index is 13.5. The fourth-order valence-electron chi connectivity index (χ4n) is 5.05. The molecule has 0 unspecified atom stereocenters. The van der Waals surface area contributed by atoms with Gasteiger partial charge in [-0.25, -0.2) is 4.98 Å². The third kappa shape index (κ3) is 4.43. The van der Waals surface area contributed by atoms with E-state index >= 15 is 0 Å². The van der Waals surface area contributed by atoms with Crippen molar-refractivity contribution in [1.82, 2.24) is 14.8 Å². The number of rotatable bonds is 4. The van der Waals surface area contributed by atoms with Crippen molar-refractivity contribution in [2.24, 2.45) is 5.73 Å². The highest BCUT2D eigenvalue weighted by Gasteiger charge is 2.36. The number of nitrogens with two attached hydrogens (primary N) is 2. The molecule has 36 heavy (non-hydrogen) atoms. The number of pyridine rings is 1. The SMILES string of the molecule is C[C@H]1CN(C(=O)C(=N)c2c(N)ccc3nc(C(C=N)=C(N)C(F)(F)F)c4c(c23)CCCC4)CCN1C. The lowest BCUT2D eigenvalue weighted by atomic mass is 9.83. The van der Waals surface area contributed by atoms with Gasteiger partial charge in [0.2, 0.25) is 0 Å². The number of nitrogens with one attached hydrogen (secondary N) is 2.